The van der Waals surface area contributed by atoms with Gasteiger partial charge in [0.15, 0.2) is 5.03 Å². The van der Waals surface area contributed by atoms with Gasteiger partial charge in [0, 0.05) is 18.4 Å². The third kappa shape index (κ3) is 3.37. The van der Waals surface area contributed by atoms with Crippen LogP contribution in [0.15, 0.2) is 11.4 Å². The van der Waals surface area contributed by atoms with Gasteiger partial charge in [-0.1, -0.05) is 18.7 Å². The predicted octanol–water partition coefficient (Wildman–Crippen LogP) is 2.48. The summed E-state index contributed by atoms with van der Waals surface area (Å²) in [5.41, 5.74) is -0.0370. The van der Waals surface area contributed by atoms with Crippen molar-refractivity contribution in [1.82, 2.24) is 9.97 Å². The number of rotatable bonds is 6. The monoisotopic (exact) mass is 298 g/mol. The Labute approximate surface area is 121 Å². The second kappa shape index (κ2) is 6.85. The van der Waals surface area contributed by atoms with E-state index in [0.29, 0.717) is 24.0 Å². The first kappa shape index (κ1) is 15.0. The van der Waals surface area contributed by atoms with Crippen LogP contribution in [0.25, 0.3) is 0 Å². The smallest absolute Gasteiger partial charge is 0.343 e. The van der Waals surface area contributed by atoms with Crippen molar-refractivity contribution in [3.8, 4) is 0 Å². The van der Waals surface area contributed by atoms with E-state index in [9.17, 15) is 10.1 Å². The van der Waals surface area contributed by atoms with Gasteiger partial charge in [-0.05, 0) is 19.8 Å². The minimum absolute atomic E-state index is 0.0370. The van der Waals surface area contributed by atoms with E-state index >= 15 is 0 Å². The molecular weight excluding hydrogens is 280 g/mol. The zero-order chi connectivity index (χ0) is 14.5. The number of anilines is 1. The van der Waals surface area contributed by atoms with Crippen LogP contribution in [0.5, 0.6) is 0 Å². The van der Waals surface area contributed by atoms with Crippen molar-refractivity contribution in [2.45, 2.75) is 43.1 Å². The number of hydrogen-bond donors (Lipinski definition) is 1. The van der Waals surface area contributed by atoms with Crippen LogP contribution in [0.1, 0.15) is 26.7 Å². The predicted molar refractivity (Wildman–Crippen MR) is 77.1 cm³/mol. The van der Waals surface area contributed by atoms with E-state index < -0.39 is 4.92 Å². The number of nitrogens with zero attached hydrogens (tertiary/aromatic N) is 3. The fraction of sp³-hybridized carbons (Fsp3) is 0.667. The Hall–Kier alpha value is -1.41. The molecule has 2 unspecified atom stereocenters. The summed E-state index contributed by atoms with van der Waals surface area (Å²) in [5.74, 6) is 0.293. The molecule has 0 spiro atoms. The number of hydrogen-bond acceptors (Lipinski definition) is 7. The maximum absolute atomic E-state index is 11.3. The van der Waals surface area contributed by atoms with E-state index in [1.807, 2.05) is 13.8 Å². The van der Waals surface area contributed by atoms with Gasteiger partial charge in [-0.25, -0.2) is 9.97 Å². The topological polar surface area (TPSA) is 90.2 Å². The number of thioether (sulfide) groups is 1. The molecule has 20 heavy (non-hydrogen) atoms. The molecule has 1 fully saturated rings. The Morgan fingerprint density at radius 1 is 1.60 bits per heavy atom. The average Bonchev–Trinajstić information content (AvgIpc) is 2.81. The van der Waals surface area contributed by atoms with Crippen molar-refractivity contribution in [3.05, 3.63) is 16.4 Å². The second-order valence-electron chi connectivity index (χ2n) is 4.58. The van der Waals surface area contributed by atoms with E-state index in [1.54, 1.807) is 0 Å². The molecule has 1 aliphatic rings. The Morgan fingerprint density at radius 3 is 3.00 bits per heavy atom. The van der Waals surface area contributed by atoms with Gasteiger partial charge in [-0.15, -0.1) is 0 Å². The van der Waals surface area contributed by atoms with Crippen LogP contribution in [-0.4, -0.2) is 39.4 Å². The summed E-state index contributed by atoms with van der Waals surface area (Å²) >= 11 is 1.40. The average molecular weight is 298 g/mol. The van der Waals surface area contributed by atoms with Crippen LogP contribution in [0.2, 0.25) is 0 Å². The Kier molecular flexibility index (Phi) is 5.13. The molecule has 1 N–H and O–H groups in total. The van der Waals surface area contributed by atoms with Crippen LogP contribution in [0.4, 0.5) is 11.5 Å². The Morgan fingerprint density at radius 2 is 2.40 bits per heavy atom. The molecule has 7 nitrogen and oxygen atoms in total. The van der Waals surface area contributed by atoms with E-state index in [0.717, 1.165) is 12.8 Å². The molecule has 2 heterocycles. The van der Waals surface area contributed by atoms with E-state index in [4.69, 9.17) is 4.74 Å². The van der Waals surface area contributed by atoms with Crippen molar-refractivity contribution in [2.75, 3.05) is 18.5 Å². The summed E-state index contributed by atoms with van der Waals surface area (Å²) in [6.07, 6.45) is 3.21. The van der Waals surface area contributed by atoms with Gasteiger partial charge in [0.1, 0.15) is 6.33 Å². The molecular formula is C12H18N4O3S. The van der Waals surface area contributed by atoms with Gasteiger partial charge in [-0.2, -0.15) is 0 Å². The fourth-order valence-electron chi connectivity index (χ4n) is 2.00. The third-order valence-corrected chi connectivity index (χ3v) is 4.53. The largest absolute Gasteiger partial charge is 0.377 e. The van der Waals surface area contributed by atoms with Gasteiger partial charge in [-0.3, -0.25) is 10.1 Å². The lowest BCUT2D eigenvalue weighted by atomic mass is 10.3. The molecule has 1 saturated heterocycles. The number of nitrogens with one attached hydrogen (secondary N) is 1. The van der Waals surface area contributed by atoms with Crippen LogP contribution < -0.4 is 5.32 Å². The number of ether oxygens (including phenoxy) is 1. The third-order valence-electron chi connectivity index (χ3n) is 3.08. The first-order valence-electron chi connectivity index (χ1n) is 6.65. The highest BCUT2D eigenvalue weighted by molar-refractivity contribution is 8.00. The minimum Gasteiger partial charge on any atom is -0.377 e. The maximum Gasteiger partial charge on any atom is 0.343 e. The standard InChI is InChI=1S/C12H18N4O3S/c1-3-5-13-11-10(16(17)18)12(15-7-14-11)20-9-4-6-19-8(9)2/h7-9H,3-6H2,1-2H3,(H,13,14,15). The zero-order valence-electron chi connectivity index (χ0n) is 11.5. The van der Waals surface area contributed by atoms with Gasteiger partial charge < -0.3 is 10.1 Å². The van der Waals surface area contributed by atoms with Gasteiger partial charge in [0.2, 0.25) is 5.82 Å². The molecule has 0 bridgehead atoms. The fourth-order valence-corrected chi connectivity index (χ4v) is 3.16. The Balaban J connectivity index is 2.24. The van der Waals surface area contributed by atoms with Crippen molar-refractivity contribution in [2.24, 2.45) is 0 Å². The summed E-state index contributed by atoms with van der Waals surface area (Å²) in [6.45, 7) is 5.31. The molecule has 110 valence electrons. The van der Waals surface area contributed by atoms with E-state index in [-0.39, 0.29) is 17.0 Å². The van der Waals surface area contributed by atoms with Crippen molar-refractivity contribution >= 4 is 23.3 Å². The first-order valence-corrected chi connectivity index (χ1v) is 7.53. The molecule has 0 radical (unpaired) electrons. The van der Waals surface area contributed by atoms with Gasteiger partial charge in [0.25, 0.3) is 0 Å². The molecule has 1 aromatic heterocycles. The number of nitro groups is 1. The molecule has 2 rings (SSSR count). The minimum atomic E-state index is -0.416. The molecule has 1 aromatic rings. The normalized spacial score (nSPS) is 21.9. The van der Waals surface area contributed by atoms with Gasteiger partial charge >= 0.3 is 5.69 Å². The molecule has 0 saturated carbocycles. The van der Waals surface area contributed by atoms with Crippen LogP contribution in [-0.2, 0) is 4.74 Å². The lowest BCUT2D eigenvalue weighted by Crippen LogP contribution is -2.14. The molecule has 0 aromatic carbocycles. The summed E-state index contributed by atoms with van der Waals surface area (Å²) < 4.78 is 5.48. The van der Waals surface area contributed by atoms with Crippen molar-refractivity contribution < 1.29 is 9.66 Å². The number of aromatic nitrogens is 2. The van der Waals surface area contributed by atoms with Crippen molar-refractivity contribution in [3.63, 3.8) is 0 Å². The van der Waals surface area contributed by atoms with Crippen LogP contribution in [0, 0.1) is 10.1 Å². The Bertz CT molecular complexity index is 486. The highest BCUT2D eigenvalue weighted by atomic mass is 32.2. The lowest BCUT2D eigenvalue weighted by molar-refractivity contribution is -0.387. The molecule has 1 aliphatic heterocycles. The highest BCUT2D eigenvalue weighted by Gasteiger charge is 2.30. The van der Waals surface area contributed by atoms with Crippen LogP contribution >= 0.6 is 11.8 Å². The highest BCUT2D eigenvalue weighted by Crippen LogP contribution is 2.38. The SMILES string of the molecule is CCCNc1ncnc(SC2CCOC2C)c1[N+](=O)[O-]. The first-order chi connectivity index (χ1) is 9.63. The van der Waals surface area contributed by atoms with Crippen molar-refractivity contribution in [1.29, 1.82) is 0 Å². The molecule has 2 atom stereocenters. The lowest BCUT2D eigenvalue weighted by Gasteiger charge is -2.13. The summed E-state index contributed by atoms with van der Waals surface area (Å²) in [4.78, 5) is 19.0. The zero-order valence-corrected chi connectivity index (χ0v) is 12.4. The summed E-state index contributed by atoms with van der Waals surface area (Å²) in [5, 5.41) is 14.9. The van der Waals surface area contributed by atoms with Gasteiger partial charge in [0.05, 0.1) is 11.0 Å². The van der Waals surface area contributed by atoms with E-state index in [2.05, 4.69) is 15.3 Å². The molecule has 0 aliphatic carbocycles. The quantitative estimate of drug-likeness (QED) is 0.490. The second-order valence-corrected chi connectivity index (χ2v) is 5.81. The van der Waals surface area contributed by atoms with E-state index in [1.165, 1.54) is 18.1 Å². The maximum atomic E-state index is 11.3. The summed E-state index contributed by atoms with van der Waals surface area (Å²) in [6, 6.07) is 0. The summed E-state index contributed by atoms with van der Waals surface area (Å²) in [7, 11) is 0. The molecule has 0 amide bonds. The van der Waals surface area contributed by atoms with Crippen LogP contribution in [0.3, 0.4) is 0 Å². The molecule has 8 heteroatoms.